The lowest BCUT2D eigenvalue weighted by atomic mass is 10.3. The van der Waals surface area contributed by atoms with E-state index in [0.29, 0.717) is 21.3 Å². The highest BCUT2D eigenvalue weighted by atomic mass is 35.5. The van der Waals surface area contributed by atoms with Crippen molar-refractivity contribution in [3.8, 4) is 11.5 Å². The molecule has 25 heavy (non-hydrogen) atoms. The number of carbonyl (C=O) groups excluding carboxylic acids is 1. The molecular formula is C18H16Cl2O4S. The van der Waals surface area contributed by atoms with Crippen LogP contribution in [0, 0.1) is 0 Å². The molecule has 1 unspecified atom stereocenters. The minimum absolute atomic E-state index is 0.0218. The number of carbonyl (C=O) groups is 1. The van der Waals surface area contributed by atoms with Gasteiger partial charge in [-0.15, -0.1) is 0 Å². The molecule has 132 valence electrons. The highest BCUT2D eigenvalue weighted by molar-refractivity contribution is 7.85. The summed E-state index contributed by atoms with van der Waals surface area (Å²) in [6, 6.07) is 13.7. The van der Waals surface area contributed by atoms with E-state index in [1.54, 1.807) is 48.5 Å². The summed E-state index contributed by atoms with van der Waals surface area (Å²) in [4.78, 5) is 12.2. The van der Waals surface area contributed by atoms with E-state index < -0.39 is 10.8 Å². The first kappa shape index (κ1) is 19.5. The quantitative estimate of drug-likeness (QED) is 0.655. The van der Waals surface area contributed by atoms with E-state index in [1.165, 1.54) is 13.0 Å². The number of rotatable bonds is 8. The molecule has 7 heteroatoms. The first-order valence-corrected chi connectivity index (χ1v) is 9.24. The van der Waals surface area contributed by atoms with Crippen molar-refractivity contribution in [3.63, 3.8) is 0 Å². The normalized spacial score (nSPS) is 11.5. The van der Waals surface area contributed by atoms with Crippen LogP contribution in [0.4, 0.5) is 0 Å². The van der Waals surface area contributed by atoms with Gasteiger partial charge in [-0.05, 0) is 61.5 Å². The minimum atomic E-state index is -1.32. The van der Waals surface area contributed by atoms with Gasteiger partial charge in [0.25, 0.3) is 0 Å². The molecule has 0 N–H and O–H groups in total. The molecule has 2 aromatic rings. The largest absolute Gasteiger partial charge is 0.489 e. The molecular weight excluding hydrogens is 383 g/mol. The van der Waals surface area contributed by atoms with Crippen LogP contribution in [0.25, 0.3) is 0 Å². The van der Waals surface area contributed by atoms with Crippen LogP contribution < -0.4 is 9.47 Å². The Morgan fingerprint density at radius 1 is 0.960 bits per heavy atom. The van der Waals surface area contributed by atoms with Crippen LogP contribution in [0.1, 0.15) is 6.92 Å². The summed E-state index contributed by atoms with van der Waals surface area (Å²) in [5.41, 5.74) is 0. The molecule has 0 fully saturated rings. The highest BCUT2D eigenvalue weighted by Gasteiger charge is 2.08. The number of ketones is 1. The highest BCUT2D eigenvalue weighted by Crippen LogP contribution is 2.22. The van der Waals surface area contributed by atoms with E-state index in [2.05, 4.69) is 0 Å². The fourth-order valence-electron chi connectivity index (χ4n) is 1.84. The third kappa shape index (κ3) is 6.53. The number of hydrogen-bond acceptors (Lipinski definition) is 4. The molecule has 2 aromatic carbocycles. The Morgan fingerprint density at radius 2 is 1.44 bits per heavy atom. The summed E-state index contributed by atoms with van der Waals surface area (Å²) >= 11 is 11.0. The summed E-state index contributed by atoms with van der Waals surface area (Å²) in [5, 5.41) is 0. The van der Waals surface area contributed by atoms with E-state index in [9.17, 15) is 9.00 Å². The van der Waals surface area contributed by atoms with Gasteiger partial charge < -0.3 is 9.47 Å². The number of Topliss-reactive ketones (excluding diaryl/α,β-unsaturated/α-hetero) is 1. The van der Waals surface area contributed by atoms with Gasteiger partial charge >= 0.3 is 0 Å². The van der Waals surface area contributed by atoms with Gasteiger partial charge in [-0.25, -0.2) is 4.21 Å². The number of hydrogen-bond donors (Lipinski definition) is 0. The monoisotopic (exact) mass is 398 g/mol. The van der Waals surface area contributed by atoms with Crippen LogP contribution in [0.5, 0.6) is 11.5 Å². The van der Waals surface area contributed by atoms with Gasteiger partial charge in [-0.3, -0.25) is 4.79 Å². The van der Waals surface area contributed by atoms with Crippen LogP contribution in [-0.4, -0.2) is 23.2 Å². The Hall–Kier alpha value is -1.82. The SMILES string of the molecule is CC(=O)COc1ccc(S(=O)c2ccc(OCC=C(Cl)Cl)cc2)cc1. The second kappa shape index (κ2) is 9.61. The molecule has 0 radical (unpaired) electrons. The fraction of sp³-hybridized carbons (Fsp3) is 0.167. The smallest absolute Gasteiger partial charge is 0.167 e. The molecule has 0 amide bonds. The molecule has 1 atom stereocenters. The number of halogens is 2. The van der Waals surface area contributed by atoms with Crippen molar-refractivity contribution >= 4 is 39.8 Å². The van der Waals surface area contributed by atoms with Gasteiger partial charge in [0.2, 0.25) is 0 Å². The summed E-state index contributed by atoms with van der Waals surface area (Å²) in [5.74, 6) is 1.13. The Balaban J connectivity index is 2.00. The molecule has 0 saturated heterocycles. The van der Waals surface area contributed by atoms with Crippen LogP contribution >= 0.6 is 23.2 Å². The number of benzene rings is 2. The van der Waals surface area contributed by atoms with Crippen LogP contribution in [0.2, 0.25) is 0 Å². The molecule has 0 bridgehead atoms. The zero-order chi connectivity index (χ0) is 18.2. The zero-order valence-electron chi connectivity index (χ0n) is 13.4. The Bertz CT molecular complexity index is 767. The first-order valence-electron chi connectivity index (χ1n) is 7.34. The molecule has 0 aromatic heterocycles. The van der Waals surface area contributed by atoms with E-state index in [-0.39, 0.29) is 23.5 Å². The maximum atomic E-state index is 12.6. The van der Waals surface area contributed by atoms with E-state index in [1.807, 2.05) is 0 Å². The van der Waals surface area contributed by atoms with E-state index in [4.69, 9.17) is 32.7 Å². The van der Waals surface area contributed by atoms with Crippen molar-refractivity contribution in [1.82, 2.24) is 0 Å². The van der Waals surface area contributed by atoms with Crippen LogP contribution in [0.15, 0.2) is 68.9 Å². The lowest BCUT2D eigenvalue weighted by Crippen LogP contribution is -2.06. The minimum Gasteiger partial charge on any atom is -0.489 e. The standard InChI is InChI=1S/C18H16Cl2O4S/c1-13(21)12-24-15-4-8-17(9-5-15)25(22)16-6-2-14(3-7-16)23-11-10-18(19)20/h2-10H,11-12H2,1H3. The summed E-state index contributed by atoms with van der Waals surface area (Å²) in [7, 11) is -1.32. The zero-order valence-corrected chi connectivity index (χ0v) is 15.7. The van der Waals surface area contributed by atoms with Gasteiger partial charge in [0.15, 0.2) is 5.78 Å². The van der Waals surface area contributed by atoms with Gasteiger partial charge in [0.1, 0.15) is 29.2 Å². The fourth-order valence-corrected chi connectivity index (χ4v) is 3.01. The van der Waals surface area contributed by atoms with Crippen molar-refractivity contribution in [2.45, 2.75) is 16.7 Å². The van der Waals surface area contributed by atoms with Crippen molar-refractivity contribution < 1.29 is 18.5 Å². The van der Waals surface area contributed by atoms with Crippen molar-refractivity contribution in [2.75, 3.05) is 13.2 Å². The third-order valence-electron chi connectivity index (χ3n) is 3.01. The van der Waals surface area contributed by atoms with E-state index in [0.717, 1.165) is 0 Å². The van der Waals surface area contributed by atoms with Gasteiger partial charge in [0, 0.05) is 9.79 Å². The topological polar surface area (TPSA) is 52.6 Å². The molecule has 0 heterocycles. The van der Waals surface area contributed by atoms with Crippen LogP contribution in [-0.2, 0) is 15.6 Å². The average Bonchev–Trinajstić information content (AvgIpc) is 2.60. The van der Waals surface area contributed by atoms with Crippen LogP contribution in [0.3, 0.4) is 0 Å². The second-order valence-corrected chi connectivity index (χ2v) is 7.50. The van der Waals surface area contributed by atoms with Crippen molar-refractivity contribution in [2.24, 2.45) is 0 Å². The first-order chi connectivity index (χ1) is 12.0. The molecule has 0 aliphatic carbocycles. The van der Waals surface area contributed by atoms with E-state index >= 15 is 0 Å². The van der Waals surface area contributed by atoms with Gasteiger partial charge in [0.05, 0.1) is 10.8 Å². The summed E-state index contributed by atoms with van der Waals surface area (Å²) in [6.07, 6.45) is 1.53. The molecule has 2 rings (SSSR count). The third-order valence-corrected chi connectivity index (χ3v) is 4.71. The number of ether oxygens (including phenoxy) is 2. The molecule has 0 aliphatic heterocycles. The second-order valence-electron chi connectivity index (χ2n) is 5.01. The van der Waals surface area contributed by atoms with Gasteiger partial charge in [-0.2, -0.15) is 0 Å². The maximum absolute atomic E-state index is 12.6. The average molecular weight is 399 g/mol. The Morgan fingerprint density at radius 3 is 1.88 bits per heavy atom. The maximum Gasteiger partial charge on any atom is 0.167 e. The molecule has 0 saturated carbocycles. The van der Waals surface area contributed by atoms with Gasteiger partial charge in [-0.1, -0.05) is 23.2 Å². The summed E-state index contributed by atoms with van der Waals surface area (Å²) < 4.78 is 23.4. The van der Waals surface area contributed by atoms with Crippen molar-refractivity contribution in [3.05, 3.63) is 59.1 Å². The molecule has 4 nitrogen and oxygen atoms in total. The van der Waals surface area contributed by atoms with Crippen molar-refractivity contribution in [1.29, 1.82) is 0 Å². The summed E-state index contributed by atoms with van der Waals surface area (Å²) in [6.45, 7) is 1.73. The molecule has 0 spiro atoms. The Kier molecular flexibility index (Phi) is 7.50. The predicted molar refractivity (Wildman–Crippen MR) is 99.0 cm³/mol. The predicted octanol–water partition coefficient (Wildman–Crippen LogP) is 4.52. The molecule has 0 aliphatic rings. The Labute approximate surface area is 158 Å². The lowest BCUT2D eigenvalue weighted by Gasteiger charge is -2.07. The lowest BCUT2D eigenvalue weighted by molar-refractivity contribution is -0.118.